The van der Waals surface area contributed by atoms with E-state index in [-0.39, 0.29) is 4.90 Å². The maximum Gasteiger partial charge on any atom is 0.198 e. The van der Waals surface area contributed by atoms with Crippen LogP contribution in [-0.2, 0) is 9.84 Å². The van der Waals surface area contributed by atoms with Crippen LogP contribution < -0.4 is 0 Å². The minimum atomic E-state index is -3.77. The predicted octanol–water partition coefficient (Wildman–Crippen LogP) is 2.60. The van der Waals surface area contributed by atoms with Gasteiger partial charge in [-0.2, -0.15) is 10.5 Å². The Balaban J connectivity index is 2.48. The van der Waals surface area contributed by atoms with Crippen molar-refractivity contribution in [3.05, 3.63) is 65.7 Å². The zero-order valence-corrected chi connectivity index (χ0v) is 11.2. The molecule has 0 aliphatic rings. The standard InChI is InChI=1S/C15H10N2O2S/c16-10-12-6-8-13(9-7-12)15(11-17)20(18,19)14-4-2-1-3-5-14/h1-9,15H. The summed E-state index contributed by atoms with van der Waals surface area (Å²) in [5.74, 6) is 0. The van der Waals surface area contributed by atoms with Gasteiger partial charge in [-0.25, -0.2) is 8.42 Å². The van der Waals surface area contributed by atoms with Crippen LogP contribution in [0.3, 0.4) is 0 Å². The molecular weight excluding hydrogens is 272 g/mol. The van der Waals surface area contributed by atoms with Crippen LogP contribution >= 0.6 is 0 Å². The Morgan fingerprint density at radius 1 is 0.900 bits per heavy atom. The Morgan fingerprint density at radius 2 is 1.50 bits per heavy atom. The first kappa shape index (κ1) is 13.8. The van der Waals surface area contributed by atoms with E-state index in [9.17, 15) is 13.7 Å². The van der Waals surface area contributed by atoms with Gasteiger partial charge in [0.1, 0.15) is 0 Å². The van der Waals surface area contributed by atoms with Gasteiger partial charge in [0.15, 0.2) is 15.1 Å². The fourth-order valence-corrected chi connectivity index (χ4v) is 3.26. The molecule has 0 aliphatic carbocycles. The van der Waals surface area contributed by atoms with Gasteiger partial charge >= 0.3 is 0 Å². The summed E-state index contributed by atoms with van der Waals surface area (Å²) in [7, 11) is -3.77. The van der Waals surface area contributed by atoms with Crippen LogP contribution in [0.2, 0.25) is 0 Å². The van der Waals surface area contributed by atoms with Crippen LogP contribution in [0.4, 0.5) is 0 Å². The summed E-state index contributed by atoms with van der Waals surface area (Å²) in [4.78, 5) is 0.107. The van der Waals surface area contributed by atoms with Gasteiger partial charge in [-0.1, -0.05) is 30.3 Å². The van der Waals surface area contributed by atoms with E-state index in [0.29, 0.717) is 11.1 Å². The maximum absolute atomic E-state index is 12.4. The minimum absolute atomic E-state index is 0.107. The highest BCUT2D eigenvalue weighted by molar-refractivity contribution is 7.92. The number of benzene rings is 2. The fourth-order valence-electron chi connectivity index (χ4n) is 1.80. The number of hydrogen-bond acceptors (Lipinski definition) is 4. The highest BCUT2D eigenvalue weighted by Crippen LogP contribution is 2.28. The van der Waals surface area contributed by atoms with Crippen LogP contribution in [0.1, 0.15) is 16.4 Å². The molecule has 0 bridgehead atoms. The number of nitrogens with zero attached hydrogens (tertiary/aromatic N) is 2. The van der Waals surface area contributed by atoms with Crippen molar-refractivity contribution in [1.82, 2.24) is 0 Å². The smallest absolute Gasteiger partial charge is 0.198 e. The normalized spacial score (nSPS) is 12.1. The van der Waals surface area contributed by atoms with Crippen LogP contribution in [-0.4, -0.2) is 8.42 Å². The first-order valence-electron chi connectivity index (χ1n) is 5.78. The molecule has 2 aromatic carbocycles. The number of nitriles is 2. The van der Waals surface area contributed by atoms with Crippen molar-refractivity contribution in [2.24, 2.45) is 0 Å². The average molecular weight is 282 g/mol. The summed E-state index contributed by atoms with van der Waals surface area (Å²) < 4.78 is 24.9. The number of sulfone groups is 1. The van der Waals surface area contributed by atoms with Crippen LogP contribution in [0.5, 0.6) is 0 Å². The second-order valence-electron chi connectivity index (χ2n) is 4.10. The third kappa shape index (κ3) is 2.54. The molecule has 2 rings (SSSR count). The van der Waals surface area contributed by atoms with E-state index in [1.807, 2.05) is 12.1 Å². The Kier molecular flexibility index (Phi) is 3.84. The Hall–Kier alpha value is -2.63. The summed E-state index contributed by atoms with van der Waals surface area (Å²) in [6.45, 7) is 0. The third-order valence-electron chi connectivity index (χ3n) is 2.84. The second-order valence-corrected chi connectivity index (χ2v) is 6.13. The molecule has 0 radical (unpaired) electrons. The van der Waals surface area contributed by atoms with E-state index >= 15 is 0 Å². The zero-order chi connectivity index (χ0) is 14.6. The molecule has 0 fully saturated rings. The Labute approximate surface area is 117 Å². The predicted molar refractivity (Wildman–Crippen MR) is 73.1 cm³/mol. The molecule has 0 N–H and O–H groups in total. The molecule has 0 saturated heterocycles. The quantitative estimate of drug-likeness (QED) is 0.866. The van der Waals surface area contributed by atoms with Gasteiger partial charge in [0.25, 0.3) is 0 Å². The van der Waals surface area contributed by atoms with Gasteiger partial charge in [-0.3, -0.25) is 0 Å². The lowest BCUT2D eigenvalue weighted by atomic mass is 10.1. The van der Waals surface area contributed by atoms with Crippen molar-refractivity contribution in [3.8, 4) is 12.1 Å². The van der Waals surface area contributed by atoms with E-state index in [0.717, 1.165) is 0 Å². The van der Waals surface area contributed by atoms with E-state index in [1.54, 1.807) is 18.2 Å². The third-order valence-corrected chi connectivity index (χ3v) is 4.77. The summed E-state index contributed by atoms with van der Waals surface area (Å²) in [5, 5.41) is 16.7. The van der Waals surface area contributed by atoms with Gasteiger partial charge in [0.2, 0.25) is 0 Å². The molecular formula is C15H10N2O2S. The zero-order valence-electron chi connectivity index (χ0n) is 10.4. The topological polar surface area (TPSA) is 81.7 Å². The van der Waals surface area contributed by atoms with Crippen LogP contribution in [0.25, 0.3) is 0 Å². The molecule has 1 unspecified atom stereocenters. The van der Waals surface area contributed by atoms with E-state index < -0.39 is 15.1 Å². The molecule has 2 aromatic rings. The van der Waals surface area contributed by atoms with E-state index in [4.69, 9.17) is 5.26 Å². The molecule has 0 aromatic heterocycles. The van der Waals surface area contributed by atoms with Crippen LogP contribution in [0.15, 0.2) is 59.5 Å². The van der Waals surface area contributed by atoms with Crippen molar-refractivity contribution in [2.75, 3.05) is 0 Å². The summed E-state index contributed by atoms with van der Waals surface area (Å²) in [6.07, 6.45) is 0. The van der Waals surface area contributed by atoms with Crippen molar-refractivity contribution in [1.29, 1.82) is 10.5 Å². The molecule has 5 heteroatoms. The summed E-state index contributed by atoms with van der Waals surface area (Å²) in [5.41, 5.74) is 0.776. The monoisotopic (exact) mass is 282 g/mol. The lowest BCUT2D eigenvalue weighted by molar-refractivity contribution is 0.591. The lowest BCUT2D eigenvalue weighted by Crippen LogP contribution is -2.12. The molecule has 20 heavy (non-hydrogen) atoms. The minimum Gasteiger partial charge on any atom is -0.222 e. The second kappa shape index (κ2) is 5.56. The summed E-state index contributed by atoms with van der Waals surface area (Å²) in [6, 6.07) is 17.6. The Morgan fingerprint density at radius 3 is 2.00 bits per heavy atom. The molecule has 0 saturated carbocycles. The van der Waals surface area contributed by atoms with Gasteiger partial charge in [-0.15, -0.1) is 0 Å². The molecule has 0 amide bonds. The maximum atomic E-state index is 12.4. The molecule has 0 spiro atoms. The van der Waals surface area contributed by atoms with Gasteiger partial charge in [0, 0.05) is 0 Å². The number of hydrogen-bond donors (Lipinski definition) is 0. The van der Waals surface area contributed by atoms with Crippen molar-refractivity contribution in [3.63, 3.8) is 0 Å². The molecule has 0 aliphatic heterocycles. The van der Waals surface area contributed by atoms with Gasteiger partial charge in [0.05, 0.1) is 22.6 Å². The lowest BCUT2D eigenvalue weighted by Gasteiger charge is -2.11. The van der Waals surface area contributed by atoms with Crippen molar-refractivity contribution in [2.45, 2.75) is 10.1 Å². The molecule has 1 atom stereocenters. The highest BCUT2D eigenvalue weighted by atomic mass is 32.2. The summed E-state index contributed by atoms with van der Waals surface area (Å²) >= 11 is 0. The SMILES string of the molecule is N#Cc1ccc(C(C#N)S(=O)(=O)c2ccccc2)cc1. The first-order valence-corrected chi connectivity index (χ1v) is 7.33. The first-order chi connectivity index (χ1) is 9.59. The Bertz CT molecular complexity index is 783. The highest BCUT2D eigenvalue weighted by Gasteiger charge is 2.28. The largest absolute Gasteiger partial charge is 0.222 e. The van der Waals surface area contributed by atoms with Gasteiger partial charge in [-0.05, 0) is 29.8 Å². The van der Waals surface area contributed by atoms with Gasteiger partial charge < -0.3 is 0 Å². The molecule has 98 valence electrons. The van der Waals surface area contributed by atoms with Crippen molar-refractivity contribution >= 4 is 9.84 Å². The fraction of sp³-hybridized carbons (Fsp3) is 0.0667. The molecule has 0 heterocycles. The van der Waals surface area contributed by atoms with Crippen LogP contribution in [0, 0.1) is 22.7 Å². The van der Waals surface area contributed by atoms with E-state index in [1.165, 1.54) is 36.4 Å². The number of rotatable bonds is 3. The van der Waals surface area contributed by atoms with Crippen molar-refractivity contribution < 1.29 is 8.42 Å². The molecule has 4 nitrogen and oxygen atoms in total. The average Bonchev–Trinajstić information content (AvgIpc) is 2.49. The van der Waals surface area contributed by atoms with E-state index in [2.05, 4.69) is 0 Å².